The molecule has 1 aromatic carbocycles. The van der Waals surface area contributed by atoms with E-state index < -0.39 is 42.8 Å². The van der Waals surface area contributed by atoms with E-state index in [0.717, 1.165) is 0 Å². The highest BCUT2D eigenvalue weighted by Gasteiger charge is 2.59. The van der Waals surface area contributed by atoms with E-state index in [1.54, 1.807) is 25.1 Å². The van der Waals surface area contributed by atoms with Crippen molar-refractivity contribution < 1.29 is 28.6 Å². The molecule has 0 radical (unpaired) electrons. The third kappa shape index (κ3) is 3.08. The molecule has 0 spiro atoms. The maximum absolute atomic E-state index is 12.3. The number of aryl methyl sites for hydroxylation is 1. The molecule has 0 saturated carbocycles. The third-order valence-electron chi connectivity index (χ3n) is 4.91. The van der Waals surface area contributed by atoms with Crippen molar-refractivity contribution in [3.8, 4) is 0 Å². The van der Waals surface area contributed by atoms with Crippen LogP contribution in [0.25, 0.3) is 0 Å². The van der Waals surface area contributed by atoms with Gasteiger partial charge in [0.1, 0.15) is 12.3 Å². The van der Waals surface area contributed by atoms with Crippen molar-refractivity contribution in [1.82, 2.24) is 9.55 Å². The van der Waals surface area contributed by atoms with E-state index in [2.05, 4.69) is 4.98 Å². The Kier molecular flexibility index (Phi) is 4.65. The number of aromatic amines is 1. The molecule has 2 aromatic rings. The Bertz CT molecular complexity index is 1050. The number of fused-ring (bicyclic) bond motifs is 1. The molecule has 4 rings (SSSR count). The van der Waals surface area contributed by atoms with Gasteiger partial charge in [-0.05, 0) is 6.92 Å². The minimum Gasteiger partial charge on any atom is -0.349 e. The molecule has 10 nitrogen and oxygen atoms in total. The molecule has 2 saturated heterocycles. The van der Waals surface area contributed by atoms with Crippen LogP contribution in [0.1, 0.15) is 23.8 Å². The Labute approximate surface area is 158 Å². The molecule has 0 amide bonds. The zero-order valence-corrected chi connectivity index (χ0v) is 15.7. The van der Waals surface area contributed by atoms with E-state index in [0.29, 0.717) is 5.56 Å². The second kappa shape index (κ2) is 6.77. The van der Waals surface area contributed by atoms with E-state index in [4.69, 9.17) is 14.2 Å². The van der Waals surface area contributed by atoms with Crippen LogP contribution in [0.5, 0.6) is 0 Å². The summed E-state index contributed by atoms with van der Waals surface area (Å²) >= 11 is 0. The van der Waals surface area contributed by atoms with E-state index >= 15 is 0 Å². The van der Waals surface area contributed by atoms with Crippen molar-refractivity contribution in [2.75, 3.05) is 6.61 Å². The van der Waals surface area contributed by atoms with Crippen molar-refractivity contribution in [2.24, 2.45) is 0 Å². The zero-order chi connectivity index (χ0) is 20.1. The molecule has 2 aliphatic heterocycles. The number of aromatic nitrogens is 2. The van der Waals surface area contributed by atoms with Crippen LogP contribution < -0.4 is 11.2 Å². The molecule has 2 fully saturated rings. The molecule has 3 N–H and O–H groups in total. The van der Waals surface area contributed by atoms with Crippen LogP contribution in [0, 0.1) is 6.92 Å². The normalized spacial score (nSPS) is 30.2. The fraction of sp³-hybridized carbons (Fsp3) is 0.412. The molecule has 0 aliphatic carbocycles. The predicted molar refractivity (Wildman–Crippen MR) is 95.6 cm³/mol. The lowest BCUT2D eigenvalue weighted by Crippen LogP contribution is -2.48. The number of hydrogen-bond donors (Lipinski definition) is 3. The van der Waals surface area contributed by atoms with Gasteiger partial charge in [0.05, 0.1) is 12.7 Å². The highest BCUT2D eigenvalue weighted by atomic mass is 31.2. The fourth-order valence-corrected chi connectivity index (χ4v) is 4.50. The minimum absolute atomic E-state index is 0.127. The second-order valence-corrected chi connectivity index (χ2v) is 8.48. The van der Waals surface area contributed by atoms with E-state index in [-0.39, 0.29) is 18.6 Å². The van der Waals surface area contributed by atoms with Crippen LogP contribution in [0.4, 0.5) is 0 Å². The lowest BCUT2D eigenvalue weighted by molar-refractivity contribution is -0.282. The summed E-state index contributed by atoms with van der Waals surface area (Å²) in [6.45, 7) is 1.43. The Morgan fingerprint density at radius 3 is 2.61 bits per heavy atom. The first-order valence-corrected chi connectivity index (χ1v) is 10.2. The van der Waals surface area contributed by atoms with Crippen LogP contribution in [0.3, 0.4) is 0 Å². The van der Waals surface area contributed by atoms with E-state index in [1.165, 1.54) is 22.9 Å². The Hall–Kier alpha value is -2.07. The standard InChI is InChI=1S/C17H19N2O8P/c1-10-8-19(16(21)18-15(10)20)14-7-12-13(26-14)9-25-17(27-12,28(22,23)24)11-5-3-2-4-6-11/h2-6,8,12-14H,7,9H2,1H3,(H,18,20,21)(H2,22,23,24)/t12-,13+,14+,17-/m0/s1. The SMILES string of the molecule is Cc1cn([C@H]2C[C@@H]3O[C@@](c4ccccc4)(P(=O)(O)O)OC[C@H]3O2)c(=O)[nH]c1=O. The Morgan fingerprint density at radius 1 is 1.21 bits per heavy atom. The molecule has 3 heterocycles. The number of ether oxygens (including phenoxy) is 3. The van der Waals surface area contributed by atoms with Gasteiger partial charge in [-0.25, -0.2) is 4.79 Å². The van der Waals surface area contributed by atoms with Gasteiger partial charge in [-0.2, -0.15) is 0 Å². The molecular formula is C17H19N2O8P. The molecule has 2 aliphatic rings. The average Bonchev–Trinajstić information content (AvgIpc) is 3.07. The van der Waals surface area contributed by atoms with Crippen LogP contribution in [0.2, 0.25) is 0 Å². The number of hydrogen-bond acceptors (Lipinski definition) is 6. The number of rotatable bonds is 3. The summed E-state index contributed by atoms with van der Waals surface area (Å²) in [6.07, 6.45) is -0.547. The van der Waals surface area contributed by atoms with Crippen LogP contribution >= 0.6 is 7.60 Å². The Balaban J connectivity index is 1.66. The largest absolute Gasteiger partial charge is 0.389 e. The van der Waals surface area contributed by atoms with Crippen molar-refractivity contribution >= 4 is 7.60 Å². The smallest absolute Gasteiger partial charge is 0.349 e. The molecule has 11 heteroatoms. The van der Waals surface area contributed by atoms with Crippen molar-refractivity contribution in [3.05, 3.63) is 68.5 Å². The second-order valence-electron chi connectivity index (χ2n) is 6.80. The summed E-state index contributed by atoms with van der Waals surface area (Å²) in [5.41, 5.74) is -2.82. The number of benzene rings is 1. The van der Waals surface area contributed by atoms with Gasteiger partial charge >= 0.3 is 18.8 Å². The quantitative estimate of drug-likeness (QED) is 0.623. The zero-order valence-electron chi connectivity index (χ0n) is 14.8. The molecule has 4 atom stereocenters. The summed E-state index contributed by atoms with van der Waals surface area (Å²) in [7, 11) is -4.87. The minimum atomic E-state index is -4.87. The molecule has 28 heavy (non-hydrogen) atoms. The summed E-state index contributed by atoms with van der Waals surface area (Å²) < 4.78 is 30.7. The number of nitrogens with one attached hydrogen (secondary N) is 1. The van der Waals surface area contributed by atoms with Gasteiger partial charge < -0.3 is 24.0 Å². The van der Waals surface area contributed by atoms with Crippen molar-refractivity contribution in [2.45, 2.75) is 37.3 Å². The predicted octanol–water partition coefficient (Wildman–Crippen LogP) is 0.536. The number of H-pyrrole nitrogens is 1. The van der Waals surface area contributed by atoms with Crippen LogP contribution in [0.15, 0.2) is 46.1 Å². The van der Waals surface area contributed by atoms with Gasteiger partial charge in [0, 0.05) is 23.7 Å². The molecule has 1 aromatic heterocycles. The van der Waals surface area contributed by atoms with Gasteiger partial charge in [-0.3, -0.25) is 18.9 Å². The van der Waals surface area contributed by atoms with Gasteiger partial charge in [-0.15, -0.1) is 0 Å². The molecule has 0 unspecified atom stereocenters. The van der Waals surface area contributed by atoms with Crippen LogP contribution in [-0.4, -0.2) is 38.2 Å². The summed E-state index contributed by atoms with van der Waals surface area (Å²) in [5.74, 6) is 0. The van der Waals surface area contributed by atoms with E-state index in [1.807, 2.05) is 0 Å². The highest BCUT2D eigenvalue weighted by molar-refractivity contribution is 7.52. The maximum atomic E-state index is 12.3. The van der Waals surface area contributed by atoms with Crippen molar-refractivity contribution in [1.29, 1.82) is 0 Å². The average molecular weight is 410 g/mol. The summed E-state index contributed by atoms with van der Waals surface area (Å²) in [4.78, 5) is 45.9. The summed E-state index contributed by atoms with van der Waals surface area (Å²) in [6, 6.07) is 8.00. The van der Waals surface area contributed by atoms with Crippen LogP contribution in [-0.2, 0) is 24.3 Å². The topological polar surface area (TPSA) is 140 Å². The monoisotopic (exact) mass is 410 g/mol. The first kappa shape index (κ1) is 19.3. The molecular weight excluding hydrogens is 391 g/mol. The first-order valence-electron chi connectivity index (χ1n) is 8.62. The Morgan fingerprint density at radius 2 is 1.93 bits per heavy atom. The van der Waals surface area contributed by atoms with E-state index in [9.17, 15) is 23.9 Å². The summed E-state index contributed by atoms with van der Waals surface area (Å²) in [5, 5.41) is 0. The maximum Gasteiger partial charge on any atom is 0.389 e. The first-order chi connectivity index (χ1) is 13.2. The van der Waals surface area contributed by atoms with Gasteiger partial charge in [0.15, 0.2) is 0 Å². The van der Waals surface area contributed by atoms with Gasteiger partial charge in [0.25, 0.3) is 5.56 Å². The van der Waals surface area contributed by atoms with Gasteiger partial charge in [-0.1, -0.05) is 30.3 Å². The lowest BCUT2D eigenvalue weighted by atomic mass is 10.1. The number of nitrogens with zero attached hydrogens (tertiary/aromatic N) is 1. The van der Waals surface area contributed by atoms with Gasteiger partial charge in [0.2, 0.25) is 0 Å². The molecule has 150 valence electrons. The van der Waals surface area contributed by atoms with Crippen molar-refractivity contribution in [3.63, 3.8) is 0 Å². The highest BCUT2D eigenvalue weighted by Crippen LogP contribution is 2.61. The molecule has 0 bridgehead atoms. The third-order valence-corrected chi connectivity index (χ3v) is 6.17. The lowest BCUT2D eigenvalue weighted by Gasteiger charge is -2.41. The fourth-order valence-electron chi connectivity index (χ4n) is 3.50.